The van der Waals surface area contributed by atoms with Gasteiger partial charge in [-0.05, 0) is 42.5 Å². The highest BCUT2D eigenvalue weighted by Crippen LogP contribution is 2.48. The lowest BCUT2D eigenvalue weighted by molar-refractivity contribution is 0.0995. The highest BCUT2D eigenvalue weighted by atomic mass is 16.5. The van der Waals surface area contributed by atoms with E-state index in [1.54, 1.807) is 24.3 Å². The molecule has 0 unspecified atom stereocenters. The van der Waals surface area contributed by atoms with Crippen molar-refractivity contribution < 1.29 is 33.6 Å². The van der Waals surface area contributed by atoms with Crippen LogP contribution >= 0.6 is 0 Å². The number of ketones is 1. The Morgan fingerprint density at radius 1 is 1.07 bits per heavy atom. The molecular weight excluding hydrogens is 388 g/mol. The van der Waals surface area contributed by atoms with Crippen LogP contribution in [0.5, 0.6) is 34.5 Å². The Morgan fingerprint density at radius 2 is 1.83 bits per heavy atom. The molecule has 0 radical (unpaired) electrons. The first-order chi connectivity index (χ1) is 14.5. The fourth-order valence-electron chi connectivity index (χ4n) is 3.38. The van der Waals surface area contributed by atoms with Crippen LogP contribution in [-0.2, 0) is 0 Å². The second kappa shape index (κ2) is 8.18. The van der Waals surface area contributed by atoms with Crippen molar-refractivity contribution >= 4 is 11.9 Å². The van der Waals surface area contributed by atoms with Crippen molar-refractivity contribution in [1.29, 1.82) is 0 Å². The Morgan fingerprint density at radius 3 is 2.47 bits per heavy atom. The number of rotatable bonds is 7. The third-order valence-electron chi connectivity index (χ3n) is 5.20. The summed E-state index contributed by atoms with van der Waals surface area (Å²) in [6.45, 7) is 0.640. The molecule has 2 aromatic carbocycles. The number of carbonyl (C=O) groups is 1. The van der Waals surface area contributed by atoms with Gasteiger partial charge in [-0.1, -0.05) is 6.07 Å². The van der Waals surface area contributed by atoms with E-state index in [-0.39, 0.29) is 18.1 Å². The van der Waals surface area contributed by atoms with Gasteiger partial charge in [0.05, 0.1) is 27.9 Å². The second-order valence-corrected chi connectivity index (χ2v) is 7.29. The summed E-state index contributed by atoms with van der Waals surface area (Å²) in [6, 6.07) is 6.58. The molecule has 0 aromatic heterocycles. The molecule has 4 rings (SSSR count). The molecule has 1 saturated carbocycles. The van der Waals surface area contributed by atoms with Crippen molar-refractivity contribution in [3.8, 4) is 34.5 Å². The number of phenolic OH excluding ortho intramolecular Hbond substituents is 1. The highest BCUT2D eigenvalue weighted by molar-refractivity contribution is 6.16. The predicted molar refractivity (Wildman–Crippen MR) is 110 cm³/mol. The molecule has 1 aliphatic heterocycles. The normalized spacial score (nSPS) is 16.6. The van der Waals surface area contributed by atoms with Crippen LogP contribution in [0, 0.1) is 5.92 Å². The summed E-state index contributed by atoms with van der Waals surface area (Å²) >= 11 is 0. The predicted octanol–water partition coefficient (Wildman–Crippen LogP) is 3.87. The molecule has 2 aromatic rings. The Kier molecular flexibility index (Phi) is 5.44. The van der Waals surface area contributed by atoms with E-state index in [0.29, 0.717) is 58.0 Å². The number of carbonyl (C=O) groups excluding carboxylic acids is 1. The lowest BCUT2D eigenvalue weighted by atomic mass is 9.96. The highest BCUT2D eigenvalue weighted by Gasteiger charge is 2.33. The molecule has 0 saturated heterocycles. The molecule has 7 nitrogen and oxygen atoms in total. The minimum Gasteiger partial charge on any atom is -0.504 e. The number of hydrogen-bond acceptors (Lipinski definition) is 7. The SMILES string of the molecule is COc1ccc(/C=C2\COc3cc(OC)c(OCC4CC4)c(OC)c3C2=O)cc1O. The molecular formula is C23H24O7. The van der Waals surface area contributed by atoms with Gasteiger partial charge in [-0.15, -0.1) is 0 Å². The van der Waals surface area contributed by atoms with E-state index in [1.165, 1.54) is 27.4 Å². The van der Waals surface area contributed by atoms with E-state index in [9.17, 15) is 9.90 Å². The maximum Gasteiger partial charge on any atom is 0.204 e. The van der Waals surface area contributed by atoms with Crippen LogP contribution in [0.1, 0.15) is 28.8 Å². The molecule has 158 valence electrons. The zero-order chi connectivity index (χ0) is 21.3. The molecule has 1 N–H and O–H groups in total. The number of fused-ring (bicyclic) bond motifs is 1. The Balaban J connectivity index is 1.72. The van der Waals surface area contributed by atoms with Gasteiger partial charge in [-0.25, -0.2) is 0 Å². The molecule has 1 heterocycles. The quantitative estimate of drug-likeness (QED) is 0.691. The molecule has 7 heteroatoms. The molecule has 1 aliphatic carbocycles. The molecule has 0 amide bonds. The van der Waals surface area contributed by atoms with Gasteiger partial charge >= 0.3 is 0 Å². The van der Waals surface area contributed by atoms with Gasteiger partial charge in [0, 0.05) is 11.6 Å². The van der Waals surface area contributed by atoms with Crippen LogP contribution in [0.4, 0.5) is 0 Å². The van der Waals surface area contributed by atoms with Gasteiger partial charge in [-0.3, -0.25) is 4.79 Å². The van der Waals surface area contributed by atoms with Crippen molar-refractivity contribution in [3.63, 3.8) is 0 Å². The van der Waals surface area contributed by atoms with Crippen molar-refractivity contribution in [2.45, 2.75) is 12.8 Å². The Hall–Kier alpha value is -3.35. The molecule has 0 spiro atoms. The molecule has 0 bridgehead atoms. The van der Waals surface area contributed by atoms with Crippen LogP contribution < -0.4 is 23.7 Å². The lowest BCUT2D eigenvalue weighted by Crippen LogP contribution is -2.20. The van der Waals surface area contributed by atoms with Crippen LogP contribution in [0.3, 0.4) is 0 Å². The van der Waals surface area contributed by atoms with Gasteiger partial charge in [0.15, 0.2) is 28.8 Å². The topological polar surface area (TPSA) is 83.5 Å². The van der Waals surface area contributed by atoms with E-state index < -0.39 is 0 Å². The van der Waals surface area contributed by atoms with Gasteiger partial charge in [-0.2, -0.15) is 0 Å². The zero-order valence-electron chi connectivity index (χ0n) is 17.2. The van der Waals surface area contributed by atoms with E-state index in [0.717, 1.165) is 12.8 Å². The van der Waals surface area contributed by atoms with Crippen LogP contribution in [0.2, 0.25) is 0 Å². The standard InChI is InChI=1S/C23H24O7/c1-26-17-7-6-14(9-16(17)24)8-15-12-29-18-10-19(27-2)22(30-11-13-4-5-13)23(28-3)20(18)21(15)25/h6-10,13,24H,4-5,11-12H2,1-3H3/b15-8+. The Bertz CT molecular complexity index is 1010. The zero-order valence-corrected chi connectivity index (χ0v) is 17.2. The average molecular weight is 412 g/mol. The number of ether oxygens (including phenoxy) is 5. The Labute approximate surface area is 174 Å². The van der Waals surface area contributed by atoms with Gasteiger partial charge < -0.3 is 28.8 Å². The number of aromatic hydroxyl groups is 1. The van der Waals surface area contributed by atoms with Gasteiger partial charge in [0.25, 0.3) is 0 Å². The summed E-state index contributed by atoms with van der Waals surface area (Å²) in [6.07, 6.45) is 3.96. The number of methoxy groups -OCH3 is 3. The van der Waals surface area contributed by atoms with Crippen molar-refractivity contribution in [1.82, 2.24) is 0 Å². The summed E-state index contributed by atoms with van der Waals surface area (Å²) in [5.41, 5.74) is 1.39. The van der Waals surface area contributed by atoms with Crippen molar-refractivity contribution in [2.75, 3.05) is 34.5 Å². The summed E-state index contributed by atoms with van der Waals surface area (Å²) in [7, 11) is 4.51. The monoisotopic (exact) mass is 412 g/mol. The van der Waals surface area contributed by atoms with Crippen molar-refractivity contribution in [3.05, 3.63) is 41.0 Å². The number of hydrogen-bond donors (Lipinski definition) is 1. The third-order valence-corrected chi connectivity index (χ3v) is 5.20. The minimum atomic E-state index is -0.220. The number of Topliss-reactive ketones (excluding diaryl/α,β-unsaturated/α-hetero) is 1. The molecule has 2 aliphatic rings. The largest absolute Gasteiger partial charge is 0.504 e. The summed E-state index contributed by atoms with van der Waals surface area (Å²) < 4.78 is 27.9. The summed E-state index contributed by atoms with van der Waals surface area (Å²) in [5.74, 6) is 2.23. The van der Waals surface area contributed by atoms with E-state index in [4.69, 9.17) is 23.7 Å². The van der Waals surface area contributed by atoms with E-state index >= 15 is 0 Å². The van der Waals surface area contributed by atoms with Crippen LogP contribution in [0.25, 0.3) is 6.08 Å². The van der Waals surface area contributed by atoms with Crippen LogP contribution in [0.15, 0.2) is 29.8 Å². The number of phenols is 1. The summed E-state index contributed by atoms with van der Waals surface area (Å²) in [4.78, 5) is 13.3. The molecule has 1 fully saturated rings. The first-order valence-electron chi connectivity index (χ1n) is 9.72. The number of benzene rings is 2. The molecule has 30 heavy (non-hydrogen) atoms. The van der Waals surface area contributed by atoms with E-state index in [2.05, 4.69) is 0 Å². The smallest absolute Gasteiger partial charge is 0.204 e. The molecule has 0 atom stereocenters. The first-order valence-corrected chi connectivity index (χ1v) is 9.72. The lowest BCUT2D eigenvalue weighted by Gasteiger charge is -2.24. The van der Waals surface area contributed by atoms with Crippen molar-refractivity contribution in [2.24, 2.45) is 5.92 Å². The van der Waals surface area contributed by atoms with E-state index in [1.807, 2.05) is 0 Å². The average Bonchev–Trinajstić information content (AvgIpc) is 3.58. The summed E-state index contributed by atoms with van der Waals surface area (Å²) in [5, 5.41) is 10.0. The minimum absolute atomic E-state index is 0.00509. The van der Waals surface area contributed by atoms with Gasteiger partial charge in [0.2, 0.25) is 5.75 Å². The first kappa shape index (κ1) is 19.9. The van der Waals surface area contributed by atoms with Crippen LogP contribution in [-0.4, -0.2) is 45.4 Å². The maximum atomic E-state index is 13.3. The maximum absolute atomic E-state index is 13.3. The fraction of sp³-hybridized carbons (Fsp3) is 0.348. The fourth-order valence-corrected chi connectivity index (χ4v) is 3.38. The van der Waals surface area contributed by atoms with Gasteiger partial charge in [0.1, 0.15) is 17.9 Å². The second-order valence-electron chi connectivity index (χ2n) is 7.29. The third kappa shape index (κ3) is 3.75.